The molecule has 3 aliphatic rings. The number of anilines is 1. The van der Waals surface area contributed by atoms with E-state index in [1.807, 2.05) is 17.0 Å². The fourth-order valence-corrected chi connectivity index (χ4v) is 4.77. The Morgan fingerprint density at radius 3 is 2.79 bits per heavy atom. The quantitative estimate of drug-likeness (QED) is 0.648. The van der Waals surface area contributed by atoms with Crippen molar-refractivity contribution in [3.05, 3.63) is 41.9 Å². The van der Waals surface area contributed by atoms with Gasteiger partial charge in [-0.15, -0.1) is 0 Å². The summed E-state index contributed by atoms with van der Waals surface area (Å²) in [5.41, 5.74) is 4.12. The molecule has 0 radical (unpaired) electrons. The molecule has 2 saturated carbocycles. The Hall–Kier alpha value is -3.31. The van der Waals surface area contributed by atoms with Gasteiger partial charge in [0.25, 0.3) is 0 Å². The molecule has 0 spiro atoms. The topological polar surface area (TPSA) is 95.2 Å². The second-order valence-electron chi connectivity index (χ2n) is 9.12. The van der Waals surface area contributed by atoms with E-state index in [1.54, 1.807) is 19.4 Å². The molecule has 2 aliphatic carbocycles. The summed E-state index contributed by atoms with van der Waals surface area (Å²) in [6.45, 7) is 5.87. The zero-order chi connectivity index (χ0) is 22.9. The first kappa shape index (κ1) is 21.5. The van der Waals surface area contributed by atoms with E-state index < -0.39 is 0 Å². The predicted octanol–water partition coefficient (Wildman–Crippen LogP) is 3.00. The summed E-state index contributed by atoms with van der Waals surface area (Å²) in [6, 6.07) is 6.40. The number of pyridine rings is 1. The van der Waals surface area contributed by atoms with Gasteiger partial charge in [-0.05, 0) is 49.8 Å². The van der Waals surface area contributed by atoms with Crippen LogP contribution in [-0.4, -0.2) is 65.4 Å². The lowest BCUT2D eigenvalue weighted by Crippen LogP contribution is -2.57. The van der Waals surface area contributed by atoms with Crippen LogP contribution in [-0.2, 0) is 9.53 Å². The number of carbonyl (C=O) groups excluding carboxylic acids is 1. The van der Waals surface area contributed by atoms with Gasteiger partial charge in [0.2, 0.25) is 5.91 Å². The number of ether oxygens (including phenoxy) is 1. The maximum atomic E-state index is 12.6. The average Bonchev–Trinajstić information content (AvgIpc) is 3.76. The lowest BCUT2D eigenvalue weighted by molar-refractivity contribution is -0.138. The first-order valence-electron chi connectivity index (χ1n) is 11.6. The molecule has 0 aromatic carbocycles. The van der Waals surface area contributed by atoms with Crippen LogP contribution in [0.4, 0.5) is 5.82 Å². The highest BCUT2D eigenvalue weighted by molar-refractivity contribution is 5.78. The van der Waals surface area contributed by atoms with Gasteiger partial charge in [0.05, 0.1) is 29.2 Å². The van der Waals surface area contributed by atoms with Gasteiger partial charge in [-0.2, -0.15) is 15.5 Å². The molecular formula is C25H28N6O2. The van der Waals surface area contributed by atoms with Crippen LogP contribution in [0.3, 0.4) is 0 Å². The summed E-state index contributed by atoms with van der Waals surface area (Å²) >= 11 is 0. The third-order valence-corrected chi connectivity index (χ3v) is 6.78. The standard InChI is InChI=1S/C25H28N6O2/c1-3-20-10-19(13-27-29-20)21-11-18(12-26)25(28-24(21)17-6-7-17)30-8-9-31(23(32)15-33-2)22(14-30)16-4-5-16/h3,10-11,13,16-17,22H,1,4-9,14-15H2,2H3. The highest BCUT2D eigenvalue weighted by Crippen LogP contribution is 2.45. The fraction of sp³-hybridized carbons (Fsp3) is 0.480. The van der Waals surface area contributed by atoms with E-state index in [9.17, 15) is 10.1 Å². The molecule has 3 fully saturated rings. The van der Waals surface area contributed by atoms with Crippen molar-refractivity contribution in [2.24, 2.45) is 5.92 Å². The van der Waals surface area contributed by atoms with Crippen LogP contribution in [0, 0.1) is 17.2 Å². The summed E-state index contributed by atoms with van der Waals surface area (Å²) < 4.78 is 5.10. The summed E-state index contributed by atoms with van der Waals surface area (Å²) in [5, 5.41) is 18.2. The number of rotatable bonds is 7. The molecule has 1 aliphatic heterocycles. The second-order valence-corrected chi connectivity index (χ2v) is 9.12. The van der Waals surface area contributed by atoms with Crippen LogP contribution < -0.4 is 4.90 Å². The Morgan fingerprint density at radius 2 is 2.12 bits per heavy atom. The lowest BCUT2D eigenvalue weighted by atomic mass is 9.99. The van der Waals surface area contributed by atoms with Gasteiger partial charge in [0, 0.05) is 43.8 Å². The number of aromatic nitrogens is 3. The van der Waals surface area contributed by atoms with Crippen LogP contribution in [0.5, 0.6) is 0 Å². The molecule has 0 bridgehead atoms. The Labute approximate surface area is 193 Å². The summed E-state index contributed by atoms with van der Waals surface area (Å²) in [4.78, 5) is 21.9. The number of piperazine rings is 1. The van der Waals surface area contributed by atoms with E-state index in [0.29, 0.717) is 42.7 Å². The molecule has 0 N–H and O–H groups in total. The highest BCUT2D eigenvalue weighted by Gasteiger charge is 2.41. The Morgan fingerprint density at radius 1 is 1.30 bits per heavy atom. The van der Waals surface area contributed by atoms with Crippen LogP contribution in [0.15, 0.2) is 24.9 Å². The van der Waals surface area contributed by atoms with E-state index in [0.717, 1.165) is 48.3 Å². The summed E-state index contributed by atoms with van der Waals surface area (Å²) in [7, 11) is 1.56. The summed E-state index contributed by atoms with van der Waals surface area (Å²) in [6.07, 6.45) is 7.87. The Kier molecular flexibility index (Phi) is 5.81. The minimum Gasteiger partial charge on any atom is -0.375 e. The van der Waals surface area contributed by atoms with Gasteiger partial charge in [-0.3, -0.25) is 4.79 Å². The van der Waals surface area contributed by atoms with Crippen molar-refractivity contribution in [1.29, 1.82) is 5.26 Å². The van der Waals surface area contributed by atoms with Crippen LogP contribution in [0.25, 0.3) is 17.2 Å². The van der Waals surface area contributed by atoms with Crippen molar-refractivity contribution >= 4 is 17.8 Å². The third kappa shape index (κ3) is 4.33. The van der Waals surface area contributed by atoms with E-state index in [2.05, 4.69) is 27.7 Å². The molecule has 2 aromatic heterocycles. The molecule has 1 unspecified atom stereocenters. The van der Waals surface area contributed by atoms with Crippen LogP contribution >= 0.6 is 0 Å². The van der Waals surface area contributed by atoms with Crippen molar-refractivity contribution < 1.29 is 9.53 Å². The molecule has 2 aromatic rings. The van der Waals surface area contributed by atoms with Crippen molar-refractivity contribution in [3.8, 4) is 17.2 Å². The normalized spacial score (nSPS) is 20.4. The zero-order valence-electron chi connectivity index (χ0n) is 18.9. The van der Waals surface area contributed by atoms with Crippen molar-refractivity contribution in [1.82, 2.24) is 20.1 Å². The van der Waals surface area contributed by atoms with Gasteiger partial charge in [-0.25, -0.2) is 4.98 Å². The molecule has 33 heavy (non-hydrogen) atoms. The average molecular weight is 445 g/mol. The second kappa shape index (κ2) is 8.91. The molecular weight excluding hydrogens is 416 g/mol. The fourth-order valence-electron chi connectivity index (χ4n) is 4.77. The predicted molar refractivity (Wildman–Crippen MR) is 124 cm³/mol. The van der Waals surface area contributed by atoms with Gasteiger partial charge >= 0.3 is 0 Å². The first-order valence-corrected chi connectivity index (χ1v) is 11.6. The molecule has 1 saturated heterocycles. The Balaban J connectivity index is 1.50. The van der Waals surface area contributed by atoms with E-state index in [-0.39, 0.29) is 18.6 Å². The summed E-state index contributed by atoms with van der Waals surface area (Å²) in [5.74, 6) is 1.69. The molecule has 5 rings (SSSR count). The molecule has 3 heterocycles. The SMILES string of the molecule is C=Cc1cc(-c2cc(C#N)c(N3CCN(C(=O)COC)C(C4CC4)C3)nc2C2CC2)cnn1. The van der Waals surface area contributed by atoms with E-state index in [4.69, 9.17) is 9.72 Å². The number of nitrogens with zero attached hydrogens (tertiary/aromatic N) is 6. The van der Waals surface area contributed by atoms with Crippen LogP contribution in [0.2, 0.25) is 0 Å². The number of methoxy groups -OCH3 is 1. The minimum atomic E-state index is 0.0414. The van der Waals surface area contributed by atoms with Crippen molar-refractivity contribution in [2.75, 3.05) is 38.3 Å². The zero-order valence-corrected chi connectivity index (χ0v) is 18.9. The molecule has 8 nitrogen and oxygen atoms in total. The smallest absolute Gasteiger partial charge is 0.248 e. The number of nitriles is 1. The highest BCUT2D eigenvalue weighted by atomic mass is 16.5. The Bertz CT molecular complexity index is 1120. The third-order valence-electron chi connectivity index (χ3n) is 6.78. The monoisotopic (exact) mass is 444 g/mol. The molecule has 170 valence electrons. The van der Waals surface area contributed by atoms with Gasteiger partial charge in [-0.1, -0.05) is 6.58 Å². The van der Waals surface area contributed by atoms with E-state index >= 15 is 0 Å². The molecule has 1 amide bonds. The number of carbonyl (C=O) groups is 1. The van der Waals surface area contributed by atoms with Gasteiger partial charge < -0.3 is 14.5 Å². The molecule has 8 heteroatoms. The molecule has 1 atom stereocenters. The van der Waals surface area contributed by atoms with Gasteiger partial charge in [0.15, 0.2) is 0 Å². The maximum absolute atomic E-state index is 12.6. The number of hydrogen-bond donors (Lipinski definition) is 0. The van der Waals surface area contributed by atoms with Crippen molar-refractivity contribution in [2.45, 2.75) is 37.6 Å². The minimum absolute atomic E-state index is 0.0414. The first-order chi connectivity index (χ1) is 16.1. The number of hydrogen-bond acceptors (Lipinski definition) is 7. The largest absolute Gasteiger partial charge is 0.375 e. The van der Waals surface area contributed by atoms with Crippen LogP contribution in [0.1, 0.15) is 48.6 Å². The van der Waals surface area contributed by atoms with Crippen molar-refractivity contribution in [3.63, 3.8) is 0 Å². The van der Waals surface area contributed by atoms with Gasteiger partial charge in [0.1, 0.15) is 18.5 Å². The maximum Gasteiger partial charge on any atom is 0.248 e. The number of amides is 1. The lowest BCUT2D eigenvalue weighted by Gasteiger charge is -2.42. The van der Waals surface area contributed by atoms with E-state index in [1.165, 1.54) is 0 Å².